The number of carbonyl (C=O) groups excluding carboxylic acids is 1. The molecule has 0 fully saturated rings. The van der Waals surface area contributed by atoms with Gasteiger partial charge in [-0.2, -0.15) is 5.10 Å². The van der Waals surface area contributed by atoms with E-state index in [9.17, 15) is 4.79 Å². The molecule has 0 atom stereocenters. The molecule has 2 amide bonds. The maximum Gasteiger partial charge on any atom is 0.320 e. The van der Waals surface area contributed by atoms with Crippen LogP contribution >= 0.6 is 15.9 Å². The quantitative estimate of drug-likeness (QED) is 0.910. The molecule has 100 valence electrons. The Kier molecular flexibility index (Phi) is 4.16. The van der Waals surface area contributed by atoms with Crippen LogP contribution in [0.4, 0.5) is 10.6 Å². The molecule has 0 aliphatic heterocycles. The minimum absolute atomic E-state index is 0.270. The summed E-state index contributed by atoms with van der Waals surface area (Å²) >= 11 is 3.45. The SMILES string of the molecule is CCNC(=O)Nc1cc(-c2ccnn2C)c(Br)cn1. The van der Waals surface area contributed by atoms with E-state index in [1.165, 1.54) is 0 Å². The maximum atomic E-state index is 11.5. The van der Waals surface area contributed by atoms with Crippen LogP contribution in [0.5, 0.6) is 0 Å². The molecule has 2 aromatic rings. The van der Waals surface area contributed by atoms with Crippen LogP contribution in [-0.2, 0) is 7.05 Å². The lowest BCUT2D eigenvalue weighted by molar-refractivity contribution is 0.252. The summed E-state index contributed by atoms with van der Waals surface area (Å²) in [4.78, 5) is 15.6. The first kappa shape index (κ1) is 13.5. The van der Waals surface area contributed by atoms with Gasteiger partial charge in [0.15, 0.2) is 0 Å². The van der Waals surface area contributed by atoms with Gasteiger partial charge >= 0.3 is 6.03 Å². The van der Waals surface area contributed by atoms with Gasteiger partial charge in [-0.05, 0) is 35.0 Å². The van der Waals surface area contributed by atoms with Crippen molar-refractivity contribution in [3.05, 3.63) is 29.0 Å². The zero-order valence-electron chi connectivity index (χ0n) is 10.6. The van der Waals surface area contributed by atoms with Gasteiger partial charge < -0.3 is 5.32 Å². The average molecular weight is 324 g/mol. The molecule has 0 spiro atoms. The summed E-state index contributed by atoms with van der Waals surface area (Å²) < 4.78 is 2.60. The van der Waals surface area contributed by atoms with Crippen LogP contribution in [0.1, 0.15) is 6.92 Å². The molecule has 2 heterocycles. The summed E-state index contributed by atoms with van der Waals surface area (Å²) in [5.74, 6) is 0.491. The highest BCUT2D eigenvalue weighted by Crippen LogP contribution is 2.28. The van der Waals surface area contributed by atoms with Crippen LogP contribution < -0.4 is 10.6 Å². The second-order valence-corrected chi connectivity index (χ2v) is 4.73. The van der Waals surface area contributed by atoms with Crippen molar-refractivity contribution in [2.75, 3.05) is 11.9 Å². The number of hydrogen-bond acceptors (Lipinski definition) is 3. The summed E-state index contributed by atoms with van der Waals surface area (Å²) in [6.45, 7) is 2.42. The van der Waals surface area contributed by atoms with Crippen LogP contribution in [0.2, 0.25) is 0 Å². The molecule has 2 rings (SSSR count). The molecule has 19 heavy (non-hydrogen) atoms. The van der Waals surface area contributed by atoms with Crippen molar-refractivity contribution in [1.82, 2.24) is 20.1 Å². The van der Waals surface area contributed by atoms with E-state index in [1.54, 1.807) is 23.1 Å². The molecular formula is C12H14BrN5O. The third-order valence-corrected chi connectivity index (χ3v) is 3.16. The van der Waals surface area contributed by atoms with Crippen molar-refractivity contribution in [3.8, 4) is 11.3 Å². The van der Waals surface area contributed by atoms with Gasteiger partial charge in [-0.3, -0.25) is 10.00 Å². The fourth-order valence-corrected chi connectivity index (χ4v) is 2.08. The molecule has 0 saturated carbocycles. The number of nitrogens with zero attached hydrogens (tertiary/aromatic N) is 3. The van der Waals surface area contributed by atoms with Gasteiger partial charge in [0.1, 0.15) is 5.82 Å². The number of halogens is 1. The number of nitrogens with one attached hydrogen (secondary N) is 2. The normalized spacial score (nSPS) is 10.3. The predicted octanol–water partition coefficient (Wildman–Crippen LogP) is 2.39. The van der Waals surface area contributed by atoms with E-state index in [0.29, 0.717) is 12.4 Å². The first-order valence-corrected chi connectivity index (χ1v) is 6.60. The van der Waals surface area contributed by atoms with Crippen molar-refractivity contribution < 1.29 is 4.79 Å². The lowest BCUT2D eigenvalue weighted by Gasteiger charge is -2.09. The lowest BCUT2D eigenvalue weighted by Crippen LogP contribution is -2.28. The van der Waals surface area contributed by atoms with Gasteiger partial charge in [0.2, 0.25) is 0 Å². The standard InChI is InChI=1S/C12H14BrN5O/c1-3-14-12(19)17-11-6-8(9(13)7-15-11)10-4-5-16-18(10)2/h4-7H,3H2,1-2H3,(H2,14,15,17,19). The Morgan fingerprint density at radius 3 is 2.95 bits per heavy atom. The molecule has 2 aromatic heterocycles. The molecule has 2 N–H and O–H groups in total. The number of carbonyl (C=O) groups is 1. The van der Waals surface area contributed by atoms with Crippen LogP contribution in [0.25, 0.3) is 11.3 Å². The molecule has 0 radical (unpaired) electrons. The summed E-state index contributed by atoms with van der Waals surface area (Å²) in [6, 6.07) is 3.43. The highest BCUT2D eigenvalue weighted by atomic mass is 79.9. The highest BCUT2D eigenvalue weighted by Gasteiger charge is 2.10. The predicted molar refractivity (Wildman–Crippen MR) is 76.8 cm³/mol. The third-order valence-electron chi connectivity index (χ3n) is 2.53. The van der Waals surface area contributed by atoms with E-state index < -0.39 is 0 Å². The molecule has 0 bridgehead atoms. The zero-order chi connectivity index (χ0) is 13.8. The second kappa shape index (κ2) is 5.83. The first-order valence-electron chi connectivity index (χ1n) is 5.80. The Bertz CT molecular complexity index is 596. The minimum atomic E-state index is -0.270. The maximum absolute atomic E-state index is 11.5. The van der Waals surface area contributed by atoms with Crippen molar-refractivity contribution in [3.63, 3.8) is 0 Å². The molecule has 6 nitrogen and oxygen atoms in total. The number of hydrogen-bond donors (Lipinski definition) is 2. The smallest absolute Gasteiger partial charge is 0.320 e. The zero-order valence-corrected chi connectivity index (χ0v) is 12.2. The van der Waals surface area contributed by atoms with Crippen LogP contribution in [0.3, 0.4) is 0 Å². The summed E-state index contributed by atoms with van der Waals surface area (Å²) in [7, 11) is 1.86. The van der Waals surface area contributed by atoms with Crippen molar-refractivity contribution in [1.29, 1.82) is 0 Å². The number of aryl methyl sites for hydroxylation is 1. The average Bonchev–Trinajstić information content (AvgIpc) is 2.78. The van der Waals surface area contributed by atoms with Gasteiger partial charge in [0.25, 0.3) is 0 Å². The van der Waals surface area contributed by atoms with Crippen LogP contribution in [0.15, 0.2) is 29.0 Å². The van der Waals surface area contributed by atoms with E-state index >= 15 is 0 Å². The number of rotatable bonds is 3. The summed E-state index contributed by atoms with van der Waals surface area (Å²) in [5, 5.41) is 9.47. The fourth-order valence-electron chi connectivity index (χ4n) is 1.66. The van der Waals surface area contributed by atoms with Gasteiger partial charge in [0, 0.05) is 36.0 Å². The molecule has 0 unspecified atom stereocenters. The molecule has 0 saturated heterocycles. The van der Waals surface area contributed by atoms with E-state index in [4.69, 9.17) is 0 Å². The number of pyridine rings is 1. The number of amides is 2. The van der Waals surface area contributed by atoms with Gasteiger partial charge in [-0.25, -0.2) is 9.78 Å². The summed E-state index contributed by atoms with van der Waals surface area (Å²) in [5.41, 5.74) is 1.86. The molecular weight excluding hydrogens is 310 g/mol. The Balaban J connectivity index is 2.30. The molecule has 0 aromatic carbocycles. The minimum Gasteiger partial charge on any atom is -0.338 e. The highest BCUT2D eigenvalue weighted by molar-refractivity contribution is 9.10. The second-order valence-electron chi connectivity index (χ2n) is 3.87. The number of aromatic nitrogens is 3. The molecule has 0 aliphatic rings. The van der Waals surface area contributed by atoms with Crippen molar-refractivity contribution in [2.45, 2.75) is 6.92 Å². The Morgan fingerprint density at radius 2 is 2.32 bits per heavy atom. The van der Waals surface area contributed by atoms with E-state index in [-0.39, 0.29) is 6.03 Å². The summed E-state index contributed by atoms with van der Waals surface area (Å²) in [6.07, 6.45) is 3.38. The molecule has 7 heteroatoms. The van der Waals surface area contributed by atoms with E-state index in [0.717, 1.165) is 15.7 Å². The van der Waals surface area contributed by atoms with Gasteiger partial charge in [-0.15, -0.1) is 0 Å². The monoisotopic (exact) mass is 323 g/mol. The largest absolute Gasteiger partial charge is 0.338 e. The Labute approximate surface area is 119 Å². The first-order chi connectivity index (χ1) is 9.11. The van der Waals surface area contributed by atoms with Crippen molar-refractivity contribution in [2.24, 2.45) is 7.05 Å². The Hall–Kier alpha value is -1.89. The topological polar surface area (TPSA) is 71.8 Å². The fraction of sp³-hybridized carbons (Fsp3) is 0.250. The van der Waals surface area contributed by atoms with E-state index in [2.05, 4.69) is 36.6 Å². The lowest BCUT2D eigenvalue weighted by atomic mass is 10.2. The number of urea groups is 1. The van der Waals surface area contributed by atoms with Crippen LogP contribution in [0, 0.1) is 0 Å². The number of anilines is 1. The van der Waals surface area contributed by atoms with Crippen molar-refractivity contribution >= 4 is 27.8 Å². The van der Waals surface area contributed by atoms with Gasteiger partial charge in [0.05, 0.1) is 5.69 Å². The van der Waals surface area contributed by atoms with Crippen LogP contribution in [-0.4, -0.2) is 27.3 Å². The molecule has 0 aliphatic carbocycles. The van der Waals surface area contributed by atoms with Gasteiger partial charge in [-0.1, -0.05) is 0 Å². The third kappa shape index (κ3) is 3.11. The van der Waals surface area contributed by atoms with E-state index in [1.807, 2.05) is 20.0 Å². The Morgan fingerprint density at radius 1 is 1.53 bits per heavy atom.